The monoisotopic (exact) mass is 291 g/mol. The number of rotatable bonds is 12. The van der Waals surface area contributed by atoms with Crippen LogP contribution < -0.4 is 5.32 Å². The number of nitrogens with one attached hydrogen (secondary N) is 1. The van der Waals surface area contributed by atoms with Gasteiger partial charge in [0.2, 0.25) is 0 Å². The minimum Gasteiger partial charge on any atom is -0.447 e. The fourth-order valence-electron chi connectivity index (χ4n) is 1.17. The van der Waals surface area contributed by atoms with Crippen molar-refractivity contribution < 1.29 is 19.0 Å². The zero-order valence-electron chi connectivity index (χ0n) is 13.2. The molecule has 0 fully saturated rings. The van der Waals surface area contributed by atoms with E-state index in [0.29, 0.717) is 33.0 Å². The third-order valence-electron chi connectivity index (χ3n) is 2.34. The Morgan fingerprint density at radius 1 is 0.850 bits per heavy atom. The lowest BCUT2D eigenvalue weighted by Gasteiger charge is -2.11. The maximum Gasteiger partial charge on any atom is 0.407 e. The topological polar surface area (TPSA) is 63.3 Å². The average Bonchev–Trinajstić information content (AvgIpc) is 2.37. The van der Waals surface area contributed by atoms with Crippen molar-refractivity contribution in [3.8, 4) is 0 Å². The molecule has 0 aliphatic heterocycles. The second-order valence-electron chi connectivity index (χ2n) is 4.89. The first-order valence-electron chi connectivity index (χ1n) is 6.88. The highest BCUT2D eigenvalue weighted by Crippen LogP contribution is 1.83. The molecule has 7 nitrogen and oxygen atoms in total. The lowest BCUT2D eigenvalue weighted by atomic mass is 10.6. The van der Waals surface area contributed by atoms with Gasteiger partial charge in [-0.15, -0.1) is 0 Å². The summed E-state index contributed by atoms with van der Waals surface area (Å²) in [6, 6.07) is 0. The first-order valence-corrected chi connectivity index (χ1v) is 6.88. The second-order valence-corrected chi connectivity index (χ2v) is 4.89. The molecule has 7 heteroatoms. The highest BCUT2D eigenvalue weighted by molar-refractivity contribution is 5.66. The molecule has 0 aromatic rings. The Hall–Kier alpha value is -0.890. The highest BCUT2D eigenvalue weighted by atomic mass is 16.6. The summed E-state index contributed by atoms with van der Waals surface area (Å²) in [7, 11) is 7.93. The molecule has 1 amide bonds. The van der Waals surface area contributed by atoms with Gasteiger partial charge >= 0.3 is 6.09 Å². The van der Waals surface area contributed by atoms with E-state index in [1.807, 2.05) is 38.0 Å². The van der Waals surface area contributed by atoms with E-state index >= 15 is 0 Å². The van der Waals surface area contributed by atoms with Gasteiger partial charge in [-0.2, -0.15) is 0 Å². The molecule has 0 aliphatic carbocycles. The number of amides is 1. The van der Waals surface area contributed by atoms with Gasteiger partial charge in [-0.1, -0.05) is 0 Å². The van der Waals surface area contributed by atoms with Crippen LogP contribution in [-0.2, 0) is 14.2 Å². The summed E-state index contributed by atoms with van der Waals surface area (Å²) in [5, 5.41) is 2.62. The molecule has 0 bridgehead atoms. The molecule has 1 N–H and O–H groups in total. The van der Waals surface area contributed by atoms with Crippen molar-refractivity contribution in [2.24, 2.45) is 0 Å². The minimum absolute atomic E-state index is 0.265. The molecule has 0 heterocycles. The molecule has 0 unspecified atom stereocenters. The fourth-order valence-corrected chi connectivity index (χ4v) is 1.17. The average molecular weight is 291 g/mol. The molecule has 0 spiro atoms. The number of carbonyl (C=O) groups excluding carboxylic acids is 1. The summed E-state index contributed by atoms with van der Waals surface area (Å²) in [5.74, 6) is 0. The van der Waals surface area contributed by atoms with Crippen LogP contribution in [0.2, 0.25) is 0 Å². The van der Waals surface area contributed by atoms with Crippen molar-refractivity contribution in [2.45, 2.75) is 0 Å². The molecular weight excluding hydrogens is 262 g/mol. The van der Waals surface area contributed by atoms with E-state index in [0.717, 1.165) is 13.1 Å². The van der Waals surface area contributed by atoms with Gasteiger partial charge in [-0.3, -0.25) is 0 Å². The predicted octanol–water partition coefficient (Wildman–Crippen LogP) is -0.131. The third-order valence-corrected chi connectivity index (χ3v) is 2.34. The standard InChI is InChI=1S/C13H29N3O4/c1-15(2)6-9-18-8-5-14-13(17)20-12-11-19-10-7-16(3)4/h5-12H2,1-4H3,(H,14,17). The summed E-state index contributed by atoms with van der Waals surface area (Å²) in [6.45, 7) is 4.64. The molecule has 0 saturated heterocycles. The van der Waals surface area contributed by atoms with Crippen LogP contribution >= 0.6 is 0 Å². The molecule has 0 atom stereocenters. The van der Waals surface area contributed by atoms with Gasteiger partial charge < -0.3 is 29.3 Å². The van der Waals surface area contributed by atoms with E-state index in [-0.39, 0.29) is 6.61 Å². The maximum atomic E-state index is 11.3. The van der Waals surface area contributed by atoms with Crippen LogP contribution in [0.3, 0.4) is 0 Å². The number of ether oxygens (including phenoxy) is 3. The van der Waals surface area contributed by atoms with Crippen molar-refractivity contribution >= 4 is 6.09 Å². The third kappa shape index (κ3) is 15.2. The van der Waals surface area contributed by atoms with Crippen molar-refractivity contribution in [3.05, 3.63) is 0 Å². The Morgan fingerprint density at radius 3 is 1.95 bits per heavy atom. The number of carbonyl (C=O) groups is 1. The van der Waals surface area contributed by atoms with Crippen LogP contribution in [0.5, 0.6) is 0 Å². The van der Waals surface area contributed by atoms with Gasteiger partial charge in [0.05, 0.1) is 26.4 Å². The van der Waals surface area contributed by atoms with Crippen LogP contribution in [-0.4, -0.2) is 96.8 Å². The minimum atomic E-state index is -0.433. The first-order chi connectivity index (χ1) is 9.52. The van der Waals surface area contributed by atoms with Gasteiger partial charge in [0.15, 0.2) is 0 Å². The van der Waals surface area contributed by atoms with E-state index < -0.39 is 6.09 Å². The molecule has 0 aromatic heterocycles. The first kappa shape index (κ1) is 19.1. The van der Waals surface area contributed by atoms with Crippen LogP contribution in [0, 0.1) is 0 Å². The van der Waals surface area contributed by atoms with Crippen molar-refractivity contribution in [2.75, 3.05) is 80.9 Å². The lowest BCUT2D eigenvalue weighted by molar-refractivity contribution is 0.0641. The van der Waals surface area contributed by atoms with Crippen molar-refractivity contribution in [1.29, 1.82) is 0 Å². The number of hydrogen-bond acceptors (Lipinski definition) is 6. The smallest absolute Gasteiger partial charge is 0.407 e. The van der Waals surface area contributed by atoms with E-state index in [2.05, 4.69) is 5.32 Å². The van der Waals surface area contributed by atoms with E-state index in [1.165, 1.54) is 0 Å². The van der Waals surface area contributed by atoms with E-state index in [4.69, 9.17) is 14.2 Å². The zero-order valence-corrected chi connectivity index (χ0v) is 13.2. The van der Waals surface area contributed by atoms with Gasteiger partial charge in [0, 0.05) is 19.6 Å². The molecule has 0 aromatic carbocycles. The number of alkyl carbamates (subject to hydrolysis) is 1. The summed E-state index contributed by atoms with van der Waals surface area (Å²) in [4.78, 5) is 15.3. The Kier molecular flexibility index (Phi) is 12.5. The molecule has 0 radical (unpaired) electrons. The van der Waals surface area contributed by atoms with Crippen LogP contribution in [0.15, 0.2) is 0 Å². The quantitative estimate of drug-likeness (QED) is 0.505. The van der Waals surface area contributed by atoms with Crippen molar-refractivity contribution in [1.82, 2.24) is 15.1 Å². The predicted molar refractivity (Wildman–Crippen MR) is 78.1 cm³/mol. The fraction of sp³-hybridized carbons (Fsp3) is 0.923. The summed E-state index contributed by atoms with van der Waals surface area (Å²) >= 11 is 0. The molecule has 0 aliphatic rings. The van der Waals surface area contributed by atoms with Crippen LogP contribution in [0.1, 0.15) is 0 Å². The Labute approximate surface area is 122 Å². The Morgan fingerprint density at radius 2 is 1.40 bits per heavy atom. The normalized spacial score (nSPS) is 11.1. The summed E-state index contributed by atoms with van der Waals surface area (Å²) < 4.78 is 15.6. The Balaban J connectivity index is 3.21. The van der Waals surface area contributed by atoms with E-state index in [1.54, 1.807) is 0 Å². The largest absolute Gasteiger partial charge is 0.447 e. The van der Waals surface area contributed by atoms with Crippen molar-refractivity contribution in [3.63, 3.8) is 0 Å². The van der Waals surface area contributed by atoms with Gasteiger partial charge in [0.1, 0.15) is 6.61 Å². The highest BCUT2D eigenvalue weighted by Gasteiger charge is 2.00. The summed E-state index contributed by atoms with van der Waals surface area (Å²) in [5.41, 5.74) is 0. The van der Waals surface area contributed by atoms with Crippen LogP contribution in [0.25, 0.3) is 0 Å². The summed E-state index contributed by atoms with van der Waals surface area (Å²) in [6.07, 6.45) is -0.433. The van der Waals surface area contributed by atoms with E-state index in [9.17, 15) is 4.79 Å². The zero-order chi connectivity index (χ0) is 15.2. The molecular formula is C13H29N3O4. The number of likely N-dealkylation sites (N-methyl/N-ethyl adjacent to an activating group) is 2. The molecule has 0 rings (SSSR count). The van der Waals surface area contributed by atoms with Gasteiger partial charge in [-0.05, 0) is 28.2 Å². The number of hydrogen-bond donors (Lipinski definition) is 1. The molecule has 20 heavy (non-hydrogen) atoms. The van der Waals surface area contributed by atoms with Gasteiger partial charge in [0.25, 0.3) is 0 Å². The Bertz CT molecular complexity index is 216. The SMILES string of the molecule is CN(C)CCOCCNC(=O)OCCOCCN(C)C. The second kappa shape index (κ2) is 13.1. The molecule has 120 valence electrons. The number of nitrogens with zero attached hydrogens (tertiary/aromatic N) is 2. The van der Waals surface area contributed by atoms with Gasteiger partial charge in [-0.25, -0.2) is 4.79 Å². The molecule has 0 saturated carbocycles. The maximum absolute atomic E-state index is 11.3. The van der Waals surface area contributed by atoms with Crippen LogP contribution in [0.4, 0.5) is 4.79 Å². The lowest BCUT2D eigenvalue weighted by Crippen LogP contribution is -2.30.